The highest BCUT2D eigenvalue weighted by Crippen LogP contribution is 2.47. The van der Waals surface area contributed by atoms with Gasteiger partial charge < -0.3 is 20.4 Å². The molecule has 0 aliphatic heterocycles. The lowest BCUT2D eigenvalue weighted by Crippen LogP contribution is -1.90. The molecule has 9 aromatic rings. The van der Waals surface area contributed by atoms with Crippen LogP contribution in [0, 0.1) is 23.7 Å². The van der Waals surface area contributed by atoms with E-state index in [4.69, 9.17) is 0 Å². The molecule has 0 radical (unpaired) electrons. The van der Waals surface area contributed by atoms with Crippen molar-refractivity contribution in [1.82, 2.24) is 0 Å². The molecule has 0 amide bonds. The van der Waals surface area contributed by atoms with Gasteiger partial charge in [-0.25, -0.2) is 0 Å². The van der Waals surface area contributed by atoms with Crippen LogP contribution in [-0.2, 0) is 0 Å². The van der Waals surface area contributed by atoms with Gasteiger partial charge in [-0.15, -0.1) is 0 Å². The lowest BCUT2D eigenvalue weighted by atomic mass is 9.90. The highest BCUT2D eigenvalue weighted by Gasteiger charge is 2.20. The number of hydrogen-bond donors (Lipinski definition) is 4. The van der Waals surface area contributed by atoms with E-state index in [1.165, 1.54) is 0 Å². The molecular formula is C50H30O4. The molecule has 4 heteroatoms. The summed E-state index contributed by atoms with van der Waals surface area (Å²) in [5.74, 6) is 12.9. The van der Waals surface area contributed by atoms with Gasteiger partial charge in [-0.2, -0.15) is 0 Å². The number of aromatic hydroxyl groups is 4. The Kier molecular flexibility index (Phi) is 7.85. The molecule has 0 aliphatic carbocycles. The van der Waals surface area contributed by atoms with Crippen molar-refractivity contribution >= 4 is 43.1 Å². The van der Waals surface area contributed by atoms with Crippen LogP contribution >= 0.6 is 0 Å². The summed E-state index contributed by atoms with van der Waals surface area (Å²) in [4.78, 5) is 0. The minimum atomic E-state index is -0.0105. The van der Waals surface area contributed by atoms with Crippen molar-refractivity contribution in [2.45, 2.75) is 0 Å². The van der Waals surface area contributed by atoms with Crippen LogP contribution in [0.15, 0.2) is 158 Å². The molecule has 0 spiro atoms. The van der Waals surface area contributed by atoms with E-state index in [2.05, 4.69) is 23.7 Å². The van der Waals surface area contributed by atoms with Gasteiger partial charge in [0.15, 0.2) is 0 Å². The fraction of sp³-hybridized carbons (Fsp3) is 0. The molecule has 4 N–H and O–H groups in total. The van der Waals surface area contributed by atoms with E-state index in [0.29, 0.717) is 44.5 Å². The number of rotatable bonds is 2. The third-order valence-corrected chi connectivity index (χ3v) is 9.90. The second-order valence-electron chi connectivity index (χ2n) is 13.2. The van der Waals surface area contributed by atoms with Crippen LogP contribution < -0.4 is 0 Å². The van der Waals surface area contributed by atoms with Crippen LogP contribution in [0.2, 0.25) is 0 Å². The van der Waals surface area contributed by atoms with Gasteiger partial charge in [-0.05, 0) is 85.6 Å². The van der Waals surface area contributed by atoms with E-state index >= 15 is 0 Å². The molecule has 0 bridgehead atoms. The molecule has 9 aromatic carbocycles. The van der Waals surface area contributed by atoms with Crippen molar-refractivity contribution < 1.29 is 20.4 Å². The molecule has 9 rings (SSSR count). The van der Waals surface area contributed by atoms with Gasteiger partial charge in [0.25, 0.3) is 0 Å². The van der Waals surface area contributed by atoms with Gasteiger partial charge in [-0.1, -0.05) is 139 Å². The summed E-state index contributed by atoms with van der Waals surface area (Å²) in [6.07, 6.45) is 0. The normalized spacial score (nSPS) is 11.0. The van der Waals surface area contributed by atoms with Crippen LogP contribution in [0.4, 0.5) is 0 Å². The lowest BCUT2D eigenvalue weighted by molar-refractivity contribution is 0.469. The molecule has 0 saturated carbocycles. The number of fused-ring (bicyclic) bond motifs is 4. The predicted octanol–water partition coefficient (Wildman–Crippen LogP) is 11.3. The van der Waals surface area contributed by atoms with E-state index in [-0.39, 0.29) is 23.0 Å². The highest BCUT2D eigenvalue weighted by atomic mass is 16.3. The van der Waals surface area contributed by atoms with Crippen molar-refractivity contribution in [2.75, 3.05) is 0 Å². The number of hydrogen-bond acceptors (Lipinski definition) is 4. The molecule has 0 fully saturated rings. The lowest BCUT2D eigenvalue weighted by Gasteiger charge is -2.15. The molecule has 0 heterocycles. The van der Waals surface area contributed by atoms with Gasteiger partial charge in [0.2, 0.25) is 0 Å². The fourth-order valence-electron chi connectivity index (χ4n) is 7.37. The number of phenols is 4. The Labute approximate surface area is 311 Å². The third kappa shape index (κ3) is 5.56. The zero-order valence-corrected chi connectivity index (χ0v) is 28.8. The fourth-order valence-corrected chi connectivity index (χ4v) is 7.37. The van der Waals surface area contributed by atoms with Crippen LogP contribution in [-0.4, -0.2) is 20.4 Å². The summed E-state index contributed by atoms with van der Waals surface area (Å²) < 4.78 is 0. The maximum absolute atomic E-state index is 11.8. The summed E-state index contributed by atoms with van der Waals surface area (Å²) >= 11 is 0. The quantitative estimate of drug-likeness (QED) is 0.136. The summed E-state index contributed by atoms with van der Waals surface area (Å²) in [5, 5.41) is 52.7. The summed E-state index contributed by atoms with van der Waals surface area (Å²) in [7, 11) is 0. The molecule has 0 saturated heterocycles. The van der Waals surface area contributed by atoms with E-state index in [0.717, 1.165) is 43.1 Å². The van der Waals surface area contributed by atoms with Crippen LogP contribution in [0.3, 0.4) is 0 Å². The van der Waals surface area contributed by atoms with Gasteiger partial charge in [0.1, 0.15) is 23.0 Å². The van der Waals surface area contributed by atoms with Crippen molar-refractivity contribution in [2.24, 2.45) is 0 Å². The Balaban J connectivity index is 1.13. The van der Waals surface area contributed by atoms with Crippen molar-refractivity contribution in [1.29, 1.82) is 0 Å². The van der Waals surface area contributed by atoms with Gasteiger partial charge in [0, 0.05) is 33.4 Å². The second-order valence-corrected chi connectivity index (χ2v) is 13.2. The Morgan fingerprint density at radius 2 is 0.667 bits per heavy atom. The average Bonchev–Trinajstić information content (AvgIpc) is 3.20. The second kappa shape index (κ2) is 13.1. The zero-order valence-electron chi connectivity index (χ0n) is 28.8. The summed E-state index contributed by atoms with van der Waals surface area (Å²) in [6.45, 7) is 0. The number of phenolic OH excluding ortho intramolecular Hbond substituents is 4. The summed E-state index contributed by atoms with van der Waals surface area (Å²) in [6, 6.07) is 49.3. The van der Waals surface area contributed by atoms with Crippen LogP contribution in [0.1, 0.15) is 22.3 Å². The molecule has 0 aromatic heterocycles. The Morgan fingerprint density at radius 1 is 0.296 bits per heavy atom. The average molecular weight is 695 g/mol. The van der Waals surface area contributed by atoms with Gasteiger partial charge >= 0.3 is 0 Å². The maximum Gasteiger partial charge on any atom is 0.139 e. The van der Waals surface area contributed by atoms with E-state index in [9.17, 15) is 20.4 Å². The minimum absolute atomic E-state index is 0.0105. The molecule has 0 aliphatic rings. The first-order chi connectivity index (χ1) is 26.4. The Morgan fingerprint density at radius 3 is 1.09 bits per heavy atom. The van der Waals surface area contributed by atoms with E-state index in [1.54, 1.807) is 12.1 Å². The first kappa shape index (κ1) is 32.3. The first-order valence-corrected chi connectivity index (χ1v) is 17.5. The van der Waals surface area contributed by atoms with Crippen LogP contribution in [0.25, 0.3) is 65.3 Å². The predicted molar refractivity (Wildman–Crippen MR) is 219 cm³/mol. The van der Waals surface area contributed by atoms with Crippen molar-refractivity contribution in [3.8, 4) is 68.9 Å². The molecule has 54 heavy (non-hydrogen) atoms. The van der Waals surface area contributed by atoms with Crippen molar-refractivity contribution in [3.05, 3.63) is 180 Å². The molecular weight excluding hydrogens is 665 g/mol. The SMILES string of the molecule is Oc1ccc2ccccc2c1-c1c(O)c(C#Cc2cccc(C#Cc3cc4ccccc4c(-c4c(O)ccc5ccccc45)c3O)c2)cc2ccccc12. The van der Waals surface area contributed by atoms with Gasteiger partial charge in [-0.3, -0.25) is 0 Å². The van der Waals surface area contributed by atoms with Crippen LogP contribution in [0.5, 0.6) is 23.0 Å². The smallest absolute Gasteiger partial charge is 0.139 e. The minimum Gasteiger partial charge on any atom is -0.507 e. The number of benzene rings is 9. The molecule has 254 valence electrons. The third-order valence-electron chi connectivity index (χ3n) is 9.90. The maximum atomic E-state index is 11.8. The topological polar surface area (TPSA) is 80.9 Å². The standard InChI is InChI=1S/C50H30O4/c51-43-26-24-33-12-1-5-16-39(33)45(43)47-41-18-7-3-14-35(41)29-37(49(47)53)22-20-31-10-9-11-32(28-31)21-23-38-30-36-15-4-8-19-42(36)48(50(38)54)46-40-17-6-2-13-34(40)25-27-44(46)52/h1-19,24-30,51-54H. The molecule has 0 unspecified atom stereocenters. The highest BCUT2D eigenvalue weighted by molar-refractivity contribution is 6.12. The molecule has 0 atom stereocenters. The monoisotopic (exact) mass is 694 g/mol. The van der Waals surface area contributed by atoms with E-state index in [1.807, 2.05) is 146 Å². The Bertz CT molecular complexity index is 2910. The van der Waals surface area contributed by atoms with Crippen molar-refractivity contribution in [3.63, 3.8) is 0 Å². The summed E-state index contributed by atoms with van der Waals surface area (Å²) in [5.41, 5.74) is 4.39. The van der Waals surface area contributed by atoms with E-state index < -0.39 is 0 Å². The first-order valence-electron chi connectivity index (χ1n) is 17.5. The van der Waals surface area contributed by atoms with Gasteiger partial charge in [0.05, 0.1) is 11.1 Å². The zero-order chi connectivity index (χ0) is 36.8. The molecule has 4 nitrogen and oxygen atoms in total. The largest absolute Gasteiger partial charge is 0.507 e. The Hall–Kier alpha value is -7.66.